The summed E-state index contributed by atoms with van der Waals surface area (Å²) < 4.78 is 30.0. The normalized spacial score (nSPS) is 17.9. The first-order valence-electron chi connectivity index (χ1n) is 11.0. The molecular weight excluding hydrogens is 458 g/mol. The topological polar surface area (TPSA) is 98.9 Å². The molecule has 2 amide bonds. The van der Waals surface area contributed by atoms with Crippen LogP contribution in [0.4, 0.5) is 25.0 Å². The van der Waals surface area contributed by atoms with Crippen molar-refractivity contribution >= 4 is 23.4 Å². The summed E-state index contributed by atoms with van der Waals surface area (Å²) >= 11 is 0. The van der Waals surface area contributed by atoms with Gasteiger partial charge in [-0.3, -0.25) is 14.4 Å². The van der Waals surface area contributed by atoms with Gasteiger partial charge < -0.3 is 15.1 Å². The number of aromatic nitrogens is 2. The Kier molecular flexibility index (Phi) is 6.10. The third-order valence-electron chi connectivity index (χ3n) is 5.98. The molecule has 2 N–H and O–H groups in total. The second-order valence-corrected chi connectivity index (χ2v) is 9.34. The van der Waals surface area contributed by atoms with E-state index in [2.05, 4.69) is 5.10 Å². The van der Waals surface area contributed by atoms with Gasteiger partial charge in [0.15, 0.2) is 0 Å². The molecule has 35 heavy (non-hydrogen) atoms. The lowest BCUT2D eigenvalue weighted by atomic mass is 9.91. The van der Waals surface area contributed by atoms with Crippen LogP contribution in [0.1, 0.15) is 39.3 Å². The van der Waals surface area contributed by atoms with Gasteiger partial charge in [-0.05, 0) is 44.5 Å². The molecule has 1 aliphatic rings. The number of fused-ring (bicyclic) bond motifs is 1. The largest absolute Gasteiger partial charge is 0.465 e. The van der Waals surface area contributed by atoms with E-state index in [1.54, 1.807) is 56.0 Å². The van der Waals surface area contributed by atoms with Gasteiger partial charge in [0.1, 0.15) is 11.6 Å². The van der Waals surface area contributed by atoms with Crippen LogP contribution in [0.3, 0.4) is 0 Å². The molecule has 0 radical (unpaired) electrons. The van der Waals surface area contributed by atoms with Gasteiger partial charge in [0.2, 0.25) is 5.91 Å². The number of benzene rings is 2. The predicted octanol–water partition coefficient (Wildman–Crippen LogP) is 4.58. The van der Waals surface area contributed by atoms with Crippen LogP contribution < -0.4 is 9.80 Å². The molecule has 0 aliphatic carbocycles. The quantitative estimate of drug-likeness (QED) is 0.565. The second-order valence-electron chi connectivity index (χ2n) is 9.34. The lowest BCUT2D eigenvalue weighted by molar-refractivity contribution is -0.117. The number of amides is 2. The summed E-state index contributed by atoms with van der Waals surface area (Å²) in [7, 11) is 0. The highest BCUT2D eigenvalue weighted by Crippen LogP contribution is 2.46. The summed E-state index contributed by atoms with van der Waals surface area (Å²) in [5.41, 5.74) is 0.810. The van der Waals surface area contributed by atoms with E-state index in [-0.39, 0.29) is 23.7 Å². The molecule has 0 fully saturated rings. The van der Waals surface area contributed by atoms with Gasteiger partial charge in [-0.1, -0.05) is 12.1 Å². The molecule has 8 nitrogen and oxygen atoms in total. The first-order chi connectivity index (χ1) is 16.4. The van der Waals surface area contributed by atoms with Crippen molar-refractivity contribution in [3.05, 3.63) is 66.0 Å². The van der Waals surface area contributed by atoms with Crippen LogP contribution in [0.5, 0.6) is 0 Å². The minimum Gasteiger partial charge on any atom is -0.465 e. The third-order valence-corrected chi connectivity index (χ3v) is 5.98. The van der Waals surface area contributed by atoms with Crippen molar-refractivity contribution in [2.24, 2.45) is 0 Å². The Morgan fingerprint density at radius 3 is 2.37 bits per heavy atom. The van der Waals surface area contributed by atoms with Crippen LogP contribution in [0, 0.1) is 11.6 Å². The van der Waals surface area contributed by atoms with Crippen LogP contribution in [-0.2, 0) is 11.3 Å². The fourth-order valence-electron chi connectivity index (χ4n) is 4.64. The first-order valence-corrected chi connectivity index (χ1v) is 11.0. The zero-order valence-electron chi connectivity index (χ0n) is 19.7. The Morgan fingerprint density at radius 1 is 1.06 bits per heavy atom. The number of hydrogen-bond acceptors (Lipinski definition) is 4. The van der Waals surface area contributed by atoms with Crippen molar-refractivity contribution in [2.45, 2.75) is 51.9 Å². The van der Waals surface area contributed by atoms with Gasteiger partial charge in [-0.15, -0.1) is 0 Å². The standard InChI is InChI=1S/C25H26F2N4O4/c1-14-23(19-7-6-18(26)10-20(19)27)31(24(33)34)22-9-16(5-8-21(22)30(14)15(2)32)17-11-28-29(12-17)13-25(3,4)35/h5-12,14,23,35H,13H2,1-4H3,(H,33,34)/t14-,23?/m0/s1. The lowest BCUT2D eigenvalue weighted by Crippen LogP contribution is -2.53. The summed E-state index contributed by atoms with van der Waals surface area (Å²) in [5, 5.41) is 24.5. The summed E-state index contributed by atoms with van der Waals surface area (Å²) in [6.45, 7) is 6.54. The predicted molar refractivity (Wildman–Crippen MR) is 126 cm³/mol. The maximum absolute atomic E-state index is 14.8. The van der Waals surface area contributed by atoms with E-state index < -0.39 is 35.4 Å². The molecule has 0 bridgehead atoms. The number of carbonyl (C=O) groups is 2. The maximum Gasteiger partial charge on any atom is 0.412 e. The molecule has 0 saturated heterocycles. The number of aliphatic hydroxyl groups is 1. The molecule has 2 heterocycles. The zero-order valence-corrected chi connectivity index (χ0v) is 19.7. The Labute approximate surface area is 201 Å². The number of anilines is 2. The molecule has 1 aliphatic heterocycles. The van der Waals surface area contributed by atoms with Crippen LogP contribution in [-0.4, -0.2) is 43.6 Å². The van der Waals surface area contributed by atoms with Crippen LogP contribution in [0.15, 0.2) is 48.8 Å². The Bertz CT molecular complexity index is 1300. The van der Waals surface area contributed by atoms with Crippen molar-refractivity contribution in [2.75, 3.05) is 9.80 Å². The van der Waals surface area contributed by atoms with Gasteiger partial charge in [0.05, 0.1) is 41.8 Å². The van der Waals surface area contributed by atoms with E-state index >= 15 is 0 Å². The summed E-state index contributed by atoms with van der Waals surface area (Å²) in [4.78, 5) is 27.6. The SMILES string of the molecule is CC(=O)N1c2ccc(-c3cnn(CC(C)(C)O)c3)cc2N(C(=O)O)C(c2ccc(F)cc2F)[C@@H]1C. The molecule has 10 heteroatoms. The average molecular weight is 485 g/mol. The molecule has 2 aromatic carbocycles. The highest BCUT2D eigenvalue weighted by atomic mass is 19.1. The van der Waals surface area contributed by atoms with Gasteiger partial charge >= 0.3 is 6.09 Å². The van der Waals surface area contributed by atoms with E-state index in [9.17, 15) is 28.6 Å². The summed E-state index contributed by atoms with van der Waals surface area (Å²) in [6.07, 6.45) is 1.96. The second kappa shape index (κ2) is 8.77. The molecule has 1 unspecified atom stereocenters. The van der Waals surface area contributed by atoms with Gasteiger partial charge in [-0.2, -0.15) is 5.10 Å². The molecule has 4 rings (SSSR count). The van der Waals surface area contributed by atoms with Crippen LogP contribution in [0.2, 0.25) is 0 Å². The van der Waals surface area contributed by atoms with Crippen molar-refractivity contribution < 1.29 is 28.6 Å². The van der Waals surface area contributed by atoms with E-state index in [4.69, 9.17) is 0 Å². The minimum absolute atomic E-state index is 0.0402. The smallest absolute Gasteiger partial charge is 0.412 e. The molecule has 3 aromatic rings. The number of carbonyl (C=O) groups excluding carboxylic acids is 1. The zero-order chi connectivity index (χ0) is 25.7. The number of rotatable bonds is 4. The summed E-state index contributed by atoms with van der Waals surface area (Å²) in [6, 6.07) is 6.07. The monoisotopic (exact) mass is 484 g/mol. The van der Waals surface area contributed by atoms with Crippen LogP contribution >= 0.6 is 0 Å². The van der Waals surface area contributed by atoms with E-state index in [1.165, 1.54) is 17.9 Å². The number of hydrogen-bond donors (Lipinski definition) is 2. The number of halogens is 2. The average Bonchev–Trinajstić information content (AvgIpc) is 3.19. The highest BCUT2D eigenvalue weighted by Gasteiger charge is 2.43. The van der Waals surface area contributed by atoms with Gasteiger partial charge in [0.25, 0.3) is 0 Å². The molecule has 0 saturated carbocycles. The van der Waals surface area contributed by atoms with Crippen molar-refractivity contribution in [3.63, 3.8) is 0 Å². The summed E-state index contributed by atoms with van der Waals surface area (Å²) in [5.74, 6) is -2.03. The van der Waals surface area contributed by atoms with Gasteiger partial charge in [0, 0.05) is 30.3 Å². The third kappa shape index (κ3) is 4.61. The van der Waals surface area contributed by atoms with E-state index in [0.717, 1.165) is 11.0 Å². The molecule has 1 aromatic heterocycles. The minimum atomic E-state index is -1.34. The van der Waals surface area contributed by atoms with Crippen molar-refractivity contribution in [1.82, 2.24) is 9.78 Å². The Balaban J connectivity index is 1.87. The van der Waals surface area contributed by atoms with Crippen molar-refractivity contribution in [3.8, 4) is 11.1 Å². The Hall–Kier alpha value is -3.79. The molecule has 184 valence electrons. The number of carboxylic acid groups (broad SMARTS) is 1. The fraction of sp³-hybridized carbons (Fsp3) is 0.320. The fourth-order valence-corrected chi connectivity index (χ4v) is 4.64. The van der Waals surface area contributed by atoms with E-state index in [1.807, 2.05) is 0 Å². The van der Waals surface area contributed by atoms with Gasteiger partial charge in [-0.25, -0.2) is 13.6 Å². The molecular formula is C25H26F2N4O4. The Morgan fingerprint density at radius 2 is 1.77 bits per heavy atom. The van der Waals surface area contributed by atoms with E-state index in [0.29, 0.717) is 22.9 Å². The maximum atomic E-state index is 14.8. The van der Waals surface area contributed by atoms with Crippen molar-refractivity contribution in [1.29, 1.82) is 0 Å². The molecule has 0 spiro atoms. The highest BCUT2D eigenvalue weighted by molar-refractivity contribution is 6.03. The lowest BCUT2D eigenvalue weighted by Gasteiger charge is -2.46. The van der Waals surface area contributed by atoms with Crippen LogP contribution in [0.25, 0.3) is 11.1 Å². The molecule has 2 atom stereocenters. The first kappa shape index (κ1) is 24.3. The number of nitrogens with zero attached hydrogens (tertiary/aromatic N) is 4.